The highest BCUT2D eigenvalue weighted by atomic mass is 16.6. The molecule has 0 aliphatic rings. The molecule has 0 radical (unpaired) electrons. The maximum Gasteiger partial charge on any atom is 0.412 e. The number of aliphatic hydroxyl groups excluding tert-OH is 1. The number of unbranched alkanes of at least 4 members (excludes halogenated alkanes) is 1. The molecule has 0 aromatic heterocycles. The summed E-state index contributed by atoms with van der Waals surface area (Å²) < 4.78 is 11.3. The fraction of sp³-hybridized carbons (Fsp3) is 0.188. The predicted octanol–water partition coefficient (Wildman–Crippen LogP) is 6.45. The third-order valence-electron chi connectivity index (χ3n) is 6.21. The number of nitrogens with one attached hydrogen (secondary N) is 2. The molecule has 4 aromatic carbocycles. The predicted molar refractivity (Wildman–Crippen MR) is 158 cm³/mol. The minimum atomic E-state index is -0.558. The molecule has 0 saturated heterocycles. The topological polar surface area (TPSA) is 123 Å². The number of fused-ring (bicyclic) bond motifs is 1. The van der Waals surface area contributed by atoms with Gasteiger partial charge >= 0.3 is 6.09 Å². The minimum Gasteiger partial charge on any atom is -0.491 e. The largest absolute Gasteiger partial charge is 0.491 e. The Hall–Kier alpha value is -4.82. The van der Waals surface area contributed by atoms with E-state index in [1.54, 1.807) is 42.5 Å². The number of nitrogens with two attached hydrogens (primary N) is 1. The van der Waals surface area contributed by atoms with E-state index in [0.29, 0.717) is 42.1 Å². The van der Waals surface area contributed by atoms with Crippen LogP contribution in [0.4, 0.5) is 21.9 Å². The maximum absolute atomic E-state index is 13.0. The van der Waals surface area contributed by atoms with Crippen molar-refractivity contribution in [1.29, 1.82) is 0 Å². The fourth-order valence-electron chi connectivity index (χ4n) is 4.24. The third kappa shape index (κ3) is 8.09. The number of aliphatic hydroxyl groups is 1. The second kappa shape index (κ2) is 14.4. The van der Waals surface area contributed by atoms with E-state index in [9.17, 15) is 9.59 Å². The number of para-hydroxylation sites is 2. The van der Waals surface area contributed by atoms with Crippen molar-refractivity contribution in [3.63, 3.8) is 0 Å². The molecule has 0 saturated carbocycles. The normalized spacial score (nSPS) is 11.7. The number of carbonyl (C=O) groups is 2. The summed E-state index contributed by atoms with van der Waals surface area (Å²) in [7, 11) is 0. The number of allylic oxidation sites excluding steroid dienone is 1. The van der Waals surface area contributed by atoms with Gasteiger partial charge in [-0.2, -0.15) is 0 Å². The Bertz CT molecular complexity index is 1450. The van der Waals surface area contributed by atoms with Crippen molar-refractivity contribution in [1.82, 2.24) is 0 Å². The van der Waals surface area contributed by atoms with Crippen molar-refractivity contribution in [3.05, 3.63) is 109 Å². The molecule has 0 aliphatic carbocycles. The Kier molecular flexibility index (Phi) is 10.1. The average molecular weight is 540 g/mol. The summed E-state index contributed by atoms with van der Waals surface area (Å²) in [6, 6.07) is 27.8. The van der Waals surface area contributed by atoms with Crippen LogP contribution in [0.25, 0.3) is 10.8 Å². The Morgan fingerprint density at radius 1 is 0.875 bits per heavy atom. The van der Waals surface area contributed by atoms with Crippen molar-refractivity contribution >= 4 is 39.8 Å². The first kappa shape index (κ1) is 28.2. The van der Waals surface area contributed by atoms with Gasteiger partial charge in [-0.25, -0.2) is 4.79 Å². The lowest BCUT2D eigenvalue weighted by Crippen LogP contribution is -2.18. The number of amides is 2. The van der Waals surface area contributed by atoms with Crippen LogP contribution in [0.5, 0.6) is 5.75 Å². The number of benzene rings is 4. The van der Waals surface area contributed by atoms with Gasteiger partial charge in [0.05, 0.1) is 23.7 Å². The lowest BCUT2D eigenvalue weighted by molar-refractivity contribution is -0.111. The smallest absolute Gasteiger partial charge is 0.412 e. The van der Waals surface area contributed by atoms with Gasteiger partial charge in [-0.3, -0.25) is 10.1 Å². The van der Waals surface area contributed by atoms with Crippen LogP contribution in [0.1, 0.15) is 30.9 Å². The third-order valence-corrected chi connectivity index (χ3v) is 6.21. The zero-order valence-corrected chi connectivity index (χ0v) is 22.1. The number of carbonyl (C=O) groups excluding carboxylic acids is 2. The summed E-state index contributed by atoms with van der Waals surface area (Å²) in [5.41, 5.74) is 8.42. The maximum atomic E-state index is 13.0. The van der Waals surface area contributed by atoms with E-state index >= 15 is 0 Å². The van der Waals surface area contributed by atoms with Crippen molar-refractivity contribution in [2.75, 3.05) is 29.6 Å². The summed E-state index contributed by atoms with van der Waals surface area (Å²) in [6.07, 6.45) is 4.01. The SMILES string of the molecule is Nc1ccccc1NC(=O)/C=C/CCC[C@@H](OC(=O)Nc1cccc2ccccc12)c1ccc(OCCO)cc1. The van der Waals surface area contributed by atoms with E-state index in [1.807, 2.05) is 54.6 Å². The lowest BCUT2D eigenvalue weighted by atomic mass is 10.0. The van der Waals surface area contributed by atoms with Crippen LogP contribution in [0, 0.1) is 0 Å². The molecule has 4 rings (SSSR count). The van der Waals surface area contributed by atoms with E-state index in [-0.39, 0.29) is 19.1 Å². The summed E-state index contributed by atoms with van der Waals surface area (Å²) in [5.74, 6) is 0.350. The number of hydrogen-bond donors (Lipinski definition) is 4. The van der Waals surface area contributed by atoms with Crippen LogP contribution in [0.15, 0.2) is 103 Å². The Balaban J connectivity index is 1.38. The molecule has 8 nitrogen and oxygen atoms in total. The Morgan fingerprint density at radius 2 is 1.60 bits per heavy atom. The second-order valence-corrected chi connectivity index (χ2v) is 9.10. The standard InChI is InChI=1S/C32H33N3O5/c33-27-12-6-7-13-29(27)34-31(37)16-3-1-2-15-30(24-17-19-25(20-18-24)39-22-21-36)40-32(38)35-28-14-8-10-23-9-4-5-11-26(23)28/h3-14,16-20,30,36H,1-2,15,21-22,33H2,(H,34,37)(H,35,38)/b16-3+/t30-/m1/s1. The van der Waals surface area contributed by atoms with Crippen molar-refractivity contribution in [2.24, 2.45) is 0 Å². The molecule has 1 atom stereocenters. The number of anilines is 3. The molecule has 4 aromatic rings. The van der Waals surface area contributed by atoms with E-state index in [4.69, 9.17) is 20.3 Å². The molecule has 0 bridgehead atoms. The first-order valence-electron chi connectivity index (χ1n) is 13.1. The molecule has 0 spiro atoms. The summed E-state index contributed by atoms with van der Waals surface area (Å²) in [6.45, 7) is 0.121. The molecule has 0 unspecified atom stereocenters. The quantitative estimate of drug-likeness (QED) is 0.0932. The number of hydrogen-bond acceptors (Lipinski definition) is 6. The molecule has 0 aliphatic heterocycles. The zero-order valence-electron chi connectivity index (χ0n) is 22.1. The van der Waals surface area contributed by atoms with Gasteiger partial charge in [-0.1, -0.05) is 66.7 Å². The van der Waals surface area contributed by atoms with Crippen LogP contribution in [-0.4, -0.2) is 30.3 Å². The van der Waals surface area contributed by atoms with Gasteiger partial charge in [0.15, 0.2) is 0 Å². The van der Waals surface area contributed by atoms with Crippen molar-refractivity contribution in [3.8, 4) is 5.75 Å². The minimum absolute atomic E-state index is 0.0773. The number of ether oxygens (including phenoxy) is 2. The highest BCUT2D eigenvalue weighted by Crippen LogP contribution is 2.28. The summed E-state index contributed by atoms with van der Waals surface area (Å²) in [5, 5.41) is 16.6. The monoisotopic (exact) mass is 539 g/mol. The van der Waals surface area contributed by atoms with Crippen molar-refractivity contribution < 1.29 is 24.2 Å². The molecule has 206 valence electrons. The summed E-state index contributed by atoms with van der Waals surface area (Å²) >= 11 is 0. The fourth-order valence-corrected chi connectivity index (χ4v) is 4.24. The van der Waals surface area contributed by atoms with Crippen LogP contribution < -0.4 is 21.1 Å². The molecule has 2 amide bonds. The zero-order chi connectivity index (χ0) is 28.2. The van der Waals surface area contributed by atoms with Crippen LogP contribution in [0.3, 0.4) is 0 Å². The van der Waals surface area contributed by atoms with Crippen molar-refractivity contribution in [2.45, 2.75) is 25.4 Å². The van der Waals surface area contributed by atoms with Crippen LogP contribution in [0.2, 0.25) is 0 Å². The lowest BCUT2D eigenvalue weighted by Gasteiger charge is -2.19. The number of nitrogen functional groups attached to an aromatic ring is 1. The van der Waals surface area contributed by atoms with Crippen LogP contribution >= 0.6 is 0 Å². The van der Waals surface area contributed by atoms with Gasteiger partial charge in [-0.05, 0) is 66.6 Å². The van der Waals surface area contributed by atoms with E-state index < -0.39 is 12.2 Å². The van der Waals surface area contributed by atoms with E-state index in [1.165, 1.54) is 6.08 Å². The Labute approximate surface area is 233 Å². The first-order chi connectivity index (χ1) is 19.5. The van der Waals surface area contributed by atoms with Gasteiger partial charge < -0.3 is 25.6 Å². The van der Waals surface area contributed by atoms with Gasteiger partial charge in [0.2, 0.25) is 5.91 Å². The average Bonchev–Trinajstić information content (AvgIpc) is 2.97. The highest BCUT2D eigenvalue weighted by molar-refractivity contribution is 6.01. The molecule has 5 N–H and O–H groups in total. The first-order valence-corrected chi connectivity index (χ1v) is 13.1. The second-order valence-electron chi connectivity index (χ2n) is 9.10. The van der Waals surface area contributed by atoms with Gasteiger partial charge in [0, 0.05) is 5.39 Å². The summed E-state index contributed by atoms with van der Waals surface area (Å²) in [4.78, 5) is 25.2. The van der Waals surface area contributed by atoms with Gasteiger partial charge in [0.25, 0.3) is 0 Å². The van der Waals surface area contributed by atoms with Crippen LogP contribution in [-0.2, 0) is 9.53 Å². The molecule has 0 heterocycles. The Morgan fingerprint density at radius 3 is 2.40 bits per heavy atom. The van der Waals surface area contributed by atoms with Gasteiger partial charge in [0.1, 0.15) is 18.5 Å². The molecule has 40 heavy (non-hydrogen) atoms. The highest BCUT2D eigenvalue weighted by Gasteiger charge is 2.18. The van der Waals surface area contributed by atoms with E-state index in [2.05, 4.69) is 10.6 Å². The molecular weight excluding hydrogens is 506 g/mol. The number of rotatable bonds is 12. The molecular formula is C32H33N3O5. The molecule has 0 fully saturated rings. The molecule has 8 heteroatoms. The van der Waals surface area contributed by atoms with Gasteiger partial charge in [-0.15, -0.1) is 0 Å². The van der Waals surface area contributed by atoms with E-state index in [0.717, 1.165) is 16.3 Å².